The minimum atomic E-state index is -0.355. The number of anilines is 1. The van der Waals surface area contributed by atoms with Crippen LogP contribution in [0, 0.1) is 0 Å². The highest BCUT2D eigenvalue weighted by atomic mass is 16.5. The topological polar surface area (TPSA) is 82.2 Å². The number of nitrogens with zero attached hydrogens (tertiary/aromatic N) is 2. The van der Waals surface area contributed by atoms with Gasteiger partial charge in [-0.1, -0.05) is 18.2 Å². The number of nitrogens with two attached hydrogens (primary N) is 1. The molecule has 3 rings (SSSR count). The monoisotopic (exact) mass is 310 g/mol. The van der Waals surface area contributed by atoms with Crippen LogP contribution in [0.3, 0.4) is 0 Å². The highest BCUT2D eigenvalue weighted by molar-refractivity contribution is 5.89. The number of rotatable bonds is 4. The Morgan fingerprint density at radius 3 is 2.52 bits per heavy atom. The second-order valence-electron chi connectivity index (χ2n) is 4.83. The molecule has 2 aromatic carbocycles. The highest BCUT2D eigenvalue weighted by Gasteiger charge is 2.26. The predicted octanol–water partition coefficient (Wildman–Crippen LogP) is 2.38. The minimum absolute atomic E-state index is 0.227. The van der Waals surface area contributed by atoms with Crippen LogP contribution in [-0.4, -0.2) is 17.8 Å². The van der Waals surface area contributed by atoms with Gasteiger partial charge in [0.1, 0.15) is 0 Å². The van der Waals surface area contributed by atoms with Gasteiger partial charge in [0.15, 0.2) is 0 Å². The summed E-state index contributed by atoms with van der Waals surface area (Å²) in [6.07, 6.45) is 0. The molecule has 0 bridgehead atoms. The molecule has 116 valence electrons. The number of hydrogen-bond donors (Lipinski definition) is 1. The second kappa shape index (κ2) is 6.31. The lowest BCUT2D eigenvalue weighted by Gasteiger charge is -2.00. The maximum atomic E-state index is 11.7. The molecule has 6 heteroatoms. The molecule has 23 heavy (non-hydrogen) atoms. The first-order valence-corrected chi connectivity index (χ1v) is 7.21. The van der Waals surface area contributed by atoms with Gasteiger partial charge in [-0.3, -0.25) is 4.52 Å². The molecular formula is C17H16N3O3+. The summed E-state index contributed by atoms with van der Waals surface area (Å²) in [6.45, 7) is 2.11. The van der Waals surface area contributed by atoms with Crippen LogP contribution >= 0.6 is 0 Å². The van der Waals surface area contributed by atoms with E-state index < -0.39 is 0 Å². The van der Waals surface area contributed by atoms with Crippen molar-refractivity contribution in [3.05, 3.63) is 60.2 Å². The Hall–Kier alpha value is -3.15. The first-order chi connectivity index (χ1) is 11.2. The quantitative estimate of drug-likeness (QED) is 0.591. The Morgan fingerprint density at radius 2 is 1.87 bits per heavy atom. The van der Waals surface area contributed by atoms with Crippen LogP contribution in [0.5, 0.6) is 0 Å². The van der Waals surface area contributed by atoms with Crippen LogP contribution in [-0.2, 0) is 4.74 Å². The SMILES string of the molecule is CCOC(=O)c1ccc(-[n+]2noc(N)c2-c2ccccc2)cc1. The first-order valence-electron chi connectivity index (χ1n) is 7.21. The van der Waals surface area contributed by atoms with Crippen molar-refractivity contribution < 1.29 is 18.7 Å². The molecule has 0 aliphatic rings. The van der Waals surface area contributed by atoms with Crippen LogP contribution in [0.1, 0.15) is 17.3 Å². The van der Waals surface area contributed by atoms with Crippen LogP contribution in [0.4, 0.5) is 5.88 Å². The Labute approximate surface area is 133 Å². The molecule has 0 aliphatic carbocycles. The molecule has 0 atom stereocenters. The number of benzene rings is 2. The lowest BCUT2D eigenvalue weighted by atomic mass is 10.1. The number of esters is 1. The zero-order chi connectivity index (χ0) is 16.2. The summed E-state index contributed by atoms with van der Waals surface area (Å²) < 4.78 is 11.7. The molecule has 6 nitrogen and oxygen atoms in total. The summed E-state index contributed by atoms with van der Waals surface area (Å²) in [7, 11) is 0. The molecule has 0 radical (unpaired) electrons. The van der Waals surface area contributed by atoms with Gasteiger partial charge in [0, 0.05) is 12.1 Å². The smallest absolute Gasteiger partial charge is 0.338 e. The van der Waals surface area contributed by atoms with Crippen molar-refractivity contribution in [2.75, 3.05) is 12.3 Å². The number of aromatic nitrogens is 2. The number of ether oxygens (including phenoxy) is 1. The molecule has 2 N–H and O–H groups in total. The zero-order valence-corrected chi connectivity index (χ0v) is 12.6. The first kappa shape index (κ1) is 14.8. The summed E-state index contributed by atoms with van der Waals surface area (Å²) in [4.78, 5) is 11.7. The third-order valence-electron chi connectivity index (χ3n) is 3.34. The zero-order valence-electron chi connectivity index (χ0n) is 12.6. The Balaban J connectivity index is 1.99. The van der Waals surface area contributed by atoms with Gasteiger partial charge in [-0.25, -0.2) is 4.79 Å². The molecule has 1 aromatic heterocycles. The molecule has 0 aliphatic heterocycles. The summed E-state index contributed by atoms with van der Waals surface area (Å²) in [5.74, 6) is -0.127. The average Bonchev–Trinajstić information content (AvgIpc) is 2.97. The van der Waals surface area contributed by atoms with Gasteiger partial charge in [-0.2, -0.15) is 0 Å². The summed E-state index contributed by atoms with van der Waals surface area (Å²) in [6, 6.07) is 16.5. The summed E-state index contributed by atoms with van der Waals surface area (Å²) in [5.41, 5.74) is 8.67. The number of carbonyl (C=O) groups is 1. The fourth-order valence-electron chi connectivity index (χ4n) is 2.26. The van der Waals surface area contributed by atoms with Gasteiger partial charge >= 0.3 is 17.5 Å². The summed E-state index contributed by atoms with van der Waals surface area (Å²) in [5, 5.41) is 3.97. The van der Waals surface area contributed by atoms with E-state index in [4.69, 9.17) is 15.0 Å². The van der Waals surface area contributed by atoms with E-state index in [9.17, 15) is 4.79 Å². The molecule has 0 spiro atoms. The fraction of sp³-hybridized carbons (Fsp3) is 0.118. The van der Waals surface area contributed by atoms with Gasteiger partial charge in [0.25, 0.3) is 0 Å². The van der Waals surface area contributed by atoms with E-state index in [1.54, 1.807) is 35.9 Å². The van der Waals surface area contributed by atoms with Crippen LogP contribution in [0.2, 0.25) is 0 Å². The van der Waals surface area contributed by atoms with Crippen molar-refractivity contribution in [1.82, 2.24) is 5.27 Å². The van der Waals surface area contributed by atoms with Crippen molar-refractivity contribution >= 4 is 11.9 Å². The van der Waals surface area contributed by atoms with Crippen molar-refractivity contribution in [3.8, 4) is 16.9 Å². The standard InChI is InChI=1S/C17H16N3O3/c1-2-22-17(21)13-8-10-14(11-9-13)20-15(16(18)23-19-20)12-6-4-3-5-7-12/h3-11H,2,18H2,1H3/q+1. The van der Waals surface area contributed by atoms with Crippen molar-refractivity contribution in [2.45, 2.75) is 6.92 Å². The van der Waals surface area contributed by atoms with E-state index in [1.165, 1.54) is 0 Å². The Bertz CT molecular complexity index is 811. The van der Waals surface area contributed by atoms with E-state index in [-0.39, 0.29) is 11.9 Å². The minimum Gasteiger partial charge on any atom is -0.462 e. The van der Waals surface area contributed by atoms with Crippen molar-refractivity contribution in [3.63, 3.8) is 0 Å². The number of carbonyl (C=O) groups excluding carboxylic acids is 1. The number of nitrogen functional groups attached to an aromatic ring is 1. The van der Waals surface area contributed by atoms with Gasteiger partial charge in [-0.05, 0) is 35.9 Å². The Morgan fingerprint density at radius 1 is 1.17 bits per heavy atom. The predicted molar refractivity (Wildman–Crippen MR) is 83.8 cm³/mol. The molecule has 1 heterocycles. The van der Waals surface area contributed by atoms with Crippen LogP contribution < -0.4 is 10.4 Å². The van der Waals surface area contributed by atoms with Gasteiger partial charge < -0.3 is 10.5 Å². The van der Waals surface area contributed by atoms with Gasteiger partial charge in [-0.15, -0.1) is 0 Å². The van der Waals surface area contributed by atoms with Gasteiger partial charge in [0.05, 0.1) is 17.7 Å². The third-order valence-corrected chi connectivity index (χ3v) is 3.34. The van der Waals surface area contributed by atoms with Crippen LogP contribution in [0.15, 0.2) is 59.1 Å². The van der Waals surface area contributed by atoms with E-state index in [2.05, 4.69) is 5.27 Å². The van der Waals surface area contributed by atoms with Gasteiger partial charge in [0.2, 0.25) is 11.0 Å². The second-order valence-corrected chi connectivity index (χ2v) is 4.83. The van der Waals surface area contributed by atoms with E-state index in [1.807, 2.05) is 30.3 Å². The molecule has 0 unspecified atom stereocenters. The van der Waals surface area contributed by atoms with E-state index in [0.29, 0.717) is 17.9 Å². The Kier molecular flexibility index (Phi) is 4.05. The van der Waals surface area contributed by atoms with Crippen molar-refractivity contribution in [1.29, 1.82) is 0 Å². The molecule has 0 fully saturated rings. The maximum absolute atomic E-state index is 11.7. The third kappa shape index (κ3) is 2.91. The highest BCUT2D eigenvalue weighted by Crippen LogP contribution is 2.22. The molecule has 0 saturated heterocycles. The van der Waals surface area contributed by atoms with E-state index >= 15 is 0 Å². The molecular weight excluding hydrogens is 294 g/mol. The van der Waals surface area contributed by atoms with Crippen LogP contribution in [0.25, 0.3) is 16.9 Å². The molecule has 0 saturated carbocycles. The normalized spacial score (nSPS) is 10.5. The molecule has 3 aromatic rings. The average molecular weight is 310 g/mol. The number of hydrogen-bond acceptors (Lipinski definition) is 5. The van der Waals surface area contributed by atoms with E-state index in [0.717, 1.165) is 11.3 Å². The largest absolute Gasteiger partial charge is 0.462 e. The fourth-order valence-corrected chi connectivity index (χ4v) is 2.26. The lowest BCUT2D eigenvalue weighted by molar-refractivity contribution is -0.660. The maximum Gasteiger partial charge on any atom is 0.338 e. The molecule has 0 amide bonds. The lowest BCUT2D eigenvalue weighted by Crippen LogP contribution is -2.34. The van der Waals surface area contributed by atoms with Crippen molar-refractivity contribution in [2.24, 2.45) is 0 Å². The summed E-state index contributed by atoms with van der Waals surface area (Å²) >= 11 is 0.